The quantitative estimate of drug-likeness (QED) is 0.731. The third-order valence-electron chi connectivity index (χ3n) is 3.01. The molecular weight excluding hydrogens is 247 g/mol. The number of benzene rings is 1. The number of carbonyl (C=O) groups excluding carboxylic acids is 1. The molecule has 0 aliphatic carbocycles. The molecule has 1 amide bonds. The summed E-state index contributed by atoms with van der Waals surface area (Å²) < 4.78 is 13.4. The van der Waals surface area contributed by atoms with E-state index in [4.69, 9.17) is 5.73 Å². The highest BCUT2D eigenvalue weighted by Crippen LogP contribution is 2.16. The van der Waals surface area contributed by atoms with E-state index in [9.17, 15) is 14.3 Å². The standard InChI is InChI=1S/C14H21FN2O2/c1-3-8-14(2,16)13(19)17-9-12(18)10-6-4-5-7-11(10)15/h4-7,12,18H,3,8-9,16H2,1-2H3,(H,17,19). The van der Waals surface area contributed by atoms with Gasteiger partial charge < -0.3 is 16.2 Å². The van der Waals surface area contributed by atoms with Gasteiger partial charge in [0.25, 0.3) is 0 Å². The van der Waals surface area contributed by atoms with Gasteiger partial charge in [-0.2, -0.15) is 0 Å². The average Bonchev–Trinajstić information content (AvgIpc) is 2.36. The van der Waals surface area contributed by atoms with Crippen LogP contribution in [0.15, 0.2) is 24.3 Å². The number of rotatable bonds is 6. The van der Waals surface area contributed by atoms with Gasteiger partial charge in [0.05, 0.1) is 11.6 Å². The highest BCUT2D eigenvalue weighted by atomic mass is 19.1. The van der Waals surface area contributed by atoms with Gasteiger partial charge >= 0.3 is 0 Å². The Kier molecular flexibility index (Phi) is 5.44. The highest BCUT2D eigenvalue weighted by Gasteiger charge is 2.27. The lowest BCUT2D eigenvalue weighted by atomic mass is 9.96. The first-order valence-corrected chi connectivity index (χ1v) is 6.38. The summed E-state index contributed by atoms with van der Waals surface area (Å²) >= 11 is 0. The second-order valence-corrected chi connectivity index (χ2v) is 4.91. The minimum absolute atomic E-state index is 0.0593. The van der Waals surface area contributed by atoms with E-state index >= 15 is 0 Å². The maximum absolute atomic E-state index is 13.4. The predicted octanol–water partition coefficient (Wildman–Crippen LogP) is 1.49. The average molecular weight is 268 g/mol. The summed E-state index contributed by atoms with van der Waals surface area (Å²) in [5.41, 5.74) is 5.05. The zero-order chi connectivity index (χ0) is 14.5. The number of hydrogen-bond donors (Lipinski definition) is 3. The molecule has 2 unspecified atom stereocenters. The lowest BCUT2D eigenvalue weighted by molar-refractivity contribution is -0.126. The molecule has 0 saturated carbocycles. The lowest BCUT2D eigenvalue weighted by Crippen LogP contribution is -2.52. The van der Waals surface area contributed by atoms with Crippen molar-refractivity contribution in [3.8, 4) is 0 Å². The van der Waals surface area contributed by atoms with Crippen LogP contribution in [0, 0.1) is 5.82 Å². The van der Waals surface area contributed by atoms with E-state index in [1.807, 2.05) is 6.92 Å². The molecule has 1 aromatic rings. The van der Waals surface area contributed by atoms with E-state index in [0.29, 0.717) is 6.42 Å². The summed E-state index contributed by atoms with van der Waals surface area (Å²) in [5, 5.41) is 12.4. The third-order valence-corrected chi connectivity index (χ3v) is 3.01. The van der Waals surface area contributed by atoms with Gasteiger partial charge in [-0.25, -0.2) is 4.39 Å². The van der Waals surface area contributed by atoms with Crippen LogP contribution < -0.4 is 11.1 Å². The number of aliphatic hydroxyl groups is 1. The first-order chi connectivity index (χ1) is 8.88. The Balaban J connectivity index is 2.58. The smallest absolute Gasteiger partial charge is 0.239 e. The van der Waals surface area contributed by atoms with Crippen LogP contribution in [0.5, 0.6) is 0 Å². The van der Waals surface area contributed by atoms with Crippen LogP contribution in [0.1, 0.15) is 38.4 Å². The number of amides is 1. The van der Waals surface area contributed by atoms with Crippen molar-refractivity contribution in [3.63, 3.8) is 0 Å². The van der Waals surface area contributed by atoms with Gasteiger partial charge in [0.1, 0.15) is 5.82 Å². The molecule has 0 aromatic heterocycles. The number of hydrogen-bond acceptors (Lipinski definition) is 3. The van der Waals surface area contributed by atoms with Gasteiger partial charge in [-0.05, 0) is 19.4 Å². The Morgan fingerprint density at radius 1 is 1.53 bits per heavy atom. The SMILES string of the molecule is CCCC(C)(N)C(=O)NCC(O)c1ccccc1F. The maximum Gasteiger partial charge on any atom is 0.239 e. The maximum atomic E-state index is 13.4. The topological polar surface area (TPSA) is 75.4 Å². The van der Waals surface area contributed by atoms with Crippen molar-refractivity contribution < 1.29 is 14.3 Å². The van der Waals surface area contributed by atoms with Crippen LogP contribution in [-0.4, -0.2) is 23.1 Å². The van der Waals surface area contributed by atoms with Crippen molar-refractivity contribution in [1.82, 2.24) is 5.32 Å². The molecule has 1 aromatic carbocycles. The Labute approximate surface area is 112 Å². The molecule has 19 heavy (non-hydrogen) atoms. The fraction of sp³-hybridized carbons (Fsp3) is 0.500. The summed E-state index contributed by atoms with van der Waals surface area (Å²) in [4.78, 5) is 11.8. The molecule has 0 spiro atoms. The normalized spacial score (nSPS) is 15.6. The monoisotopic (exact) mass is 268 g/mol. The van der Waals surface area contributed by atoms with Gasteiger partial charge in [0.2, 0.25) is 5.91 Å². The summed E-state index contributed by atoms with van der Waals surface area (Å²) in [6.45, 7) is 3.52. The highest BCUT2D eigenvalue weighted by molar-refractivity contribution is 5.85. The van der Waals surface area contributed by atoms with Crippen LogP contribution in [0.4, 0.5) is 4.39 Å². The number of carbonyl (C=O) groups is 1. The van der Waals surface area contributed by atoms with E-state index in [2.05, 4.69) is 5.32 Å². The molecule has 106 valence electrons. The molecule has 5 heteroatoms. The van der Waals surface area contributed by atoms with E-state index < -0.39 is 17.5 Å². The van der Waals surface area contributed by atoms with E-state index in [-0.39, 0.29) is 18.0 Å². The molecule has 4 N–H and O–H groups in total. The second kappa shape index (κ2) is 6.63. The Hall–Kier alpha value is -1.46. The van der Waals surface area contributed by atoms with Crippen molar-refractivity contribution in [2.45, 2.75) is 38.3 Å². The van der Waals surface area contributed by atoms with Crippen LogP contribution in [0.3, 0.4) is 0 Å². The Morgan fingerprint density at radius 3 is 2.74 bits per heavy atom. The van der Waals surface area contributed by atoms with Crippen LogP contribution in [-0.2, 0) is 4.79 Å². The van der Waals surface area contributed by atoms with Crippen molar-refractivity contribution >= 4 is 5.91 Å². The fourth-order valence-electron chi connectivity index (χ4n) is 1.88. The molecule has 4 nitrogen and oxygen atoms in total. The molecular formula is C14H21FN2O2. The minimum Gasteiger partial charge on any atom is -0.386 e. The molecule has 0 aliphatic heterocycles. The van der Waals surface area contributed by atoms with Gasteiger partial charge in [0.15, 0.2) is 0 Å². The van der Waals surface area contributed by atoms with Gasteiger partial charge in [-0.3, -0.25) is 4.79 Å². The predicted molar refractivity (Wildman–Crippen MR) is 71.9 cm³/mol. The van der Waals surface area contributed by atoms with Crippen LogP contribution >= 0.6 is 0 Å². The first kappa shape index (κ1) is 15.6. The second-order valence-electron chi connectivity index (χ2n) is 4.91. The molecule has 0 fully saturated rings. The molecule has 2 atom stereocenters. The number of halogens is 1. The molecule has 0 saturated heterocycles. The molecule has 0 heterocycles. The van der Waals surface area contributed by atoms with E-state index in [0.717, 1.165) is 6.42 Å². The van der Waals surface area contributed by atoms with Gasteiger partial charge in [0, 0.05) is 12.1 Å². The number of nitrogens with one attached hydrogen (secondary N) is 1. The largest absolute Gasteiger partial charge is 0.386 e. The van der Waals surface area contributed by atoms with Gasteiger partial charge in [-0.15, -0.1) is 0 Å². The number of nitrogens with two attached hydrogens (primary N) is 1. The minimum atomic E-state index is -1.08. The molecule has 0 radical (unpaired) electrons. The first-order valence-electron chi connectivity index (χ1n) is 6.38. The lowest BCUT2D eigenvalue weighted by Gasteiger charge is -2.23. The fourth-order valence-corrected chi connectivity index (χ4v) is 1.88. The summed E-state index contributed by atoms with van der Waals surface area (Å²) in [6.07, 6.45) is 0.257. The molecule has 0 aliphatic rings. The molecule has 1 rings (SSSR count). The zero-order valence-electron chi connectivity index (χ0n) is 11.3. The zero-order valence-corrected chi connectivity index (χ0v) is 11.3. The van der Waals surface area contributed by atoms with Crippen molar-refractivity contribution in [3.05, 3.63) is 35.6 Å². The summed E-state index contributed by atoms with van der Waals surface area (Å²) in [5.74, 6) is -0.835. The summed E-state index contributed by atoms with van der Waals surface area (Å²) in [7, 11) is 0. The van der Waals surface area contributed by atoms with Crippen molar-refractivity contribution in [1.29, 1.82) is 0 Å². The Bertz CT molecular complexity index is 435. The van der Waals surface area contributed by atoms with E-state index in [1.54, 1.807) is 19.1 Å². The molecule has 0 bridgehead atoms. The third kappa shape index (κ3) is 4.29. The van der Waals surface area contributed by atoms with Crippen LogP contribution in [0.2, 0.25) is 0 Å². The van der Waals surface area contributed by atoms with Gasteiger partial charge in [-0.1, -0.05) is 31.5 Å². The van der Waals surface area contributed by atoms with Crippen molar-refractivity contribution in [2.75, 3.05) is 6.54 Å². The van der Waals surface area contributed by atoms with E-state index in [1.165, 1.54) is 12.1 Å². The summed E-state index contributed by atoms with van der Waals surface area (Å²) in [6, 6.07) is 5.93. The van der Waals surface area contributed by atoms with Crippen LogP contribution in [0.25, 0.3) is 0 Å². The van der Waals surface area contributed by atoms with Crippen molar-refractivity contribution in [2.24, 2.45) is 5.73 Å². The Morgan fingerprint density at radius 2 is 2.16 bits per heavy atom. The number of aliphatic hydroxyl groups excluding tert-OH is 1.